The number of pyridine rings is 1. The minimum Gasteiger partial charge on any atom is -0.371 e. The summed E-state index contributed by atoms with van der Waals surface area (Å²) < 4.78 is 0. The van der Waals surface area contributed by atoms with Gasteiger partial charge in [-0.1, -0.05) is 0 Å². The second kappa shape index (κ2) is 4.82. The number of rotatable bonds is 4. The molecule has 1 rings (SSSR count). The summed E-state index contributed by atoms with van der Waals surface area (Å²) in [5, 5.41) is 0. The van der Waals surface area contributed by atoms with E-state index in [0.717, 1.165) is 18.8 Å². The molecular weight excluding hydrogens is 162 g/mol. The lowest BCUT2D eigenvalue weighted by Gasteiger charge is -2.22. The summed E-state index contributed by atoms with van der Waals surface area (Å²) in [5.41, 5.74) is 7.97. The fourth-order valence-electron chi connectivity index (χ4n) is 1.44. The van der Waals surface area contributed by atoms with Gasteiger partial charge < -0.3 is 10.6 Å². The van der Waals surface area contributed by atoms with Crippen molar-refractivity contribution in [2.45, 2.75) is 20.4 Å². The molecule has 3 nitrogen and oxygen atoms in total. The minimum absolute atomic E-state index is 0.578. The molecule has 1 aromatic heterocycles. The lowest BCUT2D eigenvalue weighted by Crippen LogP contribution is -2.23. The molecule has 0 aliphatic rings. The number of nitrogens with zero attached hydrogens (tertiary/aromatic N) is 2. The summed E-state index contributed by atoms with van der Waals surface area (Å²) in [5.74, 6) is 0. The van der Waals surface area contributed by atoms with Crippen LogP contribution < -0.4 is 10.6 Å². The molecule has 1 heterocycles. The van der Waals surface area contributed by atoms with Crippen molar-refractivity contribution in [2.24, 2.45) is 5.73 Å². The summed E-state index contributed by atoms with van der Waals surface area (Å²) in [6.07, 6.45) is 3.67. The molecule has 0 saturated carbocycles. The Kier molecular flexibility index (Phi) is 3.71. The predicted molar refractivity (Wildman–Crippen MR) is 55.7 cm³/mol. The topological polar surface area (TPSA) is 42.2 Å². The van der Waals surface area contributed by atoms with Crippen LogP contribution in [0.3, 0.4) is 0 Å². The summed E-state index contributed by atoms with van der Waals surface area (Å²) in [4.78, 5) is 6.37. The Balaban J connectivity index is 2.96. The van der Waals surface area contributed by atoms with Crippen LogP contribution in [-0.4, -0.2) is 18.1 Å². The van der Waals surface area contributed by atoms with E-state index in [1.807, 2.05) is 12.3 Å². The maximum atomic E-state index is 5.64. The van der Waals surface area contributed by atoms with Crippen LogP contribution in [0.4, 0.5) is 5.69 Å². The molecule has 1 aromatic rings. The minimum atomic E-state index is 0.578. The molecule has 0 spiro atoms. The smallest absolute Gasteiger partial charge is 0.0598 e. The van der Waals surface area contributed by atoms with Gasteiger partial charge in [-0.25, -0.2) is 0 Å². The van der Waals surface area contributed by atoms with Crippen LogP contribution in [-0.2, 0) is 6.54 Å². The molecule has 0 amide bonds. The van der Waals surface area contributed by atoms with Crippen molar-refractivity contribution < 1.29 is 0 Å². The third-order valence-corrected chi connectivity index (χ3v) is 2.21. The van der Waals surface area contributed by atoms with E-state index in [-0.39, 0.29) is 0 Å². The number of aromatic nitrogens is 1. The highest BCUT2D eigenvalue weighted by atomic mass is 15.1. The lowest BCUT2D eigenvalue weighted by atomic mass is 10.2. The maximum Gasteiger partial charge on any atom is 0.0598 e. The highest BCUT2D eigenvalue weighted by Gasteiger charge is 2.05. The zero-order chi connectivity index (χ0) is 9.68. The second-order valence-corrected chi connectivity index (χ2v) is 2.88. The lowest BCUT2D eigenvalue weighted by molar-refractivity contribution is 0.849. The average molecular weight is 179 g/mol. The first-order valence-electron chi connectivity index (χ1n) is 4.71. The van der Waals surface area contributed by atoms with E-state index in [1.54, 1.807) is 6.20 Å². The molecule has 0 aromatic carbocycles. The molecule has 3 heteroatoms. The Labute approximate surface area is 79.6 Å². The van der Waals surface area contributed by atoms with Crippen LogP contribution in [0.25, 0.3) is 0 Å². The number of anilines is 1. The molecule has 0 saturated heterocycles. The first kappa shape index (κ1) is 9.99. The fraction of sp³-hybridized carbons (Fsp3) is 0.500. The molecule has 72 valence electrons. The van der Waals surface area contributed by atoms with Crippen molar-refractivity contribution >= 4 is 5.69 Å². The van der Waals surface area contributed by atoms with Gasteiger partial charge in [0.1, 0.15) is 0 Å². The fourth-order valence-corrected chi connectivity index (χ4v) is 1.44. The first-order chi connectivity index (χ1) is 6.33. The normalized spacial score (nSPS) is 10.1. The van der Waals surface area contributed by atoms with Gasteiger partial charge in [0.05, 0.1) is 11.9 Å². The molecule has 0 fully saturated rings. The van der Waals surface area contributed by atoms with Crippen LogP contribution in [0.15, 0.2) is 18.5 Å². The van der Waals surface area contributed by atoms with E-state index >= 15 is 0 Å². The maximum absolute atomic E-state index is 5.64. The third-order valence-electron chi connectivity index (χ3n) is 2.21. The van der Waals surface area contributed by atoms with Gasteiger partial charge in [0, 0.05) is 25.8 Å². The number of nitrogens with two attached hydrogens (primary N) is 1. The van der Waals surface area contributed by atoms with Crippen LogP contribution in [0.1, 0.15) is 19.4 Å². The molecule has 0 radical (unpaired) electrons. The summed E-state index contributed by atoms with van der Waals surface area (Å²) in [6, 6.07) is 1.98. The van der Waals surface area contributed by atoms with Crippen molar-refractivity contribution in [3.05, 3.63) is 24.0 Å². The first-order valence-corrected chi connectivity index (χ1v) is 4.71. The van der Waals surface area contributed by atoms with E-state index in [4.69, 9.17) is 5.73 Å². The zero-order valence-corrected chi connectivity index (χ0v) is 8.33. The summed E-state index contributed by atoms with van der Waals surface area (Å²) >= 11 is 0. The molecule has 2 N–H and O–H groups in total. The van der Waals surface area contributed by atoms with Gasteiger partial charge in [-0.15, -0.1) is 0 Å². The van der Waals surface area contributed by atoms with Gasteiger partial charge in [-0.2, -0.15) is 0 Å². The Morgan fingerprint density at radius 1 is 1.38 bits per heavy atom. The van der Waals surface area contributed by atoms with E-state index in [2.05, 4.69) is 23.7 Å². The van der Waals surface area contributed by atoms with Crippen LogP contribution in [0.5, 0.6) is 0 Å². The Hall–Kier alpha value is -1.09. The second-order valence-electron chi connectivity index (χ2n) is 2.88. The van der Waals surface area contributed by atoms with Gasteiger partial charge in [-0.3, -0.25) is 4.98 Å². The quantitative estimate of drug-likeness (QED) is 0.759. The van der Waals surface area contributed by atoms with Crippen LogP contribution in [0, 0.1) is 0 Å². The van der Waals surface area contributed by atoms with Crippen molar-refractivity contribution in [3.63, 3.8) is 0 Å². The Bertz CT molecular complexity index is 256. The van der Waals surface area contributed by atoms with Crippen molar-refractivity contribution in [3.8, 4) is 0 Å². The Morgan fingerprint density at radius 3 is 2.62 bits per heavy atom. The van der Waals surface area contributed by atoms with Crippen LogP contribution in [0.2, 0.25) is 0 Å². The van der Waals surface area contributed by atoms with Crippen molar-refractivity contribution in [2.75, 3.05) is 18.0 Å². The average Bonchev–Trinajstić information content (AvgIpc) is 2.20. The van der Waals surface area contributed by atoms with E-state index < -0.39 is 0 Å². The zero-order valence-electron chi connectivity index (χ0n) is 8.33. The van der Waals surface area contributed by atoms with E-state index in [1.165, 1.54) is 5.56 Å². The third kappa shape index (κ3) is 2.18. The van der Waals surface area contributed by atoms with Crippen molar-refractivity contribution in [1.82, 2.24) is 4.98 Å². The summed E-state index contributed by atoms with van der Waals surface area (Å²) in [6.45, 7) is 6.84. The molecular formula is C10H17N3. The van der Waals surface area contributed by atoms with Gasteiger partial charge in [0.25, 0.3) is 0 Å². The van der Waals surface area contributed by atoms with E-state index in [9.17, 15) is 0 Å². The Morgan fingerprint density at radius 2 is 2.08 bits per heavy atom. The molecule has 0 aliphatic heterocycles. The molecule has 0 atom stereocenters. The van der Waals surface area contributed by atoms with Gasteiger partial charge in [-0.05, 0) is 25.5 Å². The molecule has 0 aliphatic carbocycles. The predicted octanol–water partition coefficient (Wildman–Crippen LogP) is 1.39. The molecule has 13 heavy (non-hydrogen) atoms. The van der Waals surface area contributed by atoms with Gasteiger partial charge in [0.2, 0.25) is 0 Å². The highest BCUT2D eigenvalue weighted by Crippen LogP contribution is 2.17. The monoisotopic (exact) mass is 179 g/mol. The molecule has 0 bridgehead atoms. The standard InChI is InChI=1S/C10H17N3/c1-3-13(4-2)10-8-12-6-5-9(10)7-11/h5-6,8H,3-4,7,11H2,1-2H3. The van der Waals surface area contributed by atoms with Crippen molar-refractivity contribution in [1.29, 1.82) is 0 Å². The molecule has 0 unspecified atom stereocenters. The number of hydrogen-bond acceptors (Lipinski definition) is 3. The summed E-state index contributed by atoms with van der Waals surface area (Å²) in [7, 11) is 0. The number of hydrogen-bond donors (Lipinski definition) is 1. The van der Waals surface area contributed by atoms with Gasteiger partial charge >= 0.3 is 0 Å². The van der Waals surface area contributed by atoms with Crippen LogP contribution >= 0.6 is 0 Å². The van der Waals surface area contributed by atoms with E-state index in [0.29, 0.717) is 6.54 Å². The highest BCUT2D eigenvalue weighted by molar-refractivity contribution is 5.51. The van der Waals surface area contributed by atoms with Gasteiger partial charge in [0.15, 0.2) is 0 Å². The SMILES string of the molecule is CCN(CC)c1cnccc1CN. The largest absolute Gasteiger partial charge is 0.371 e.